The maximum Gasteiger partial charge on any atom is 0.186 e. The van der Waals surface area contributed by atoms with Crippen LogP contribution in [0.1, 0.15) is 18.5 Å². The van der Waals surface area contributed by atoms with Crippen molar-refractivity contribution in [3.05, 3.63) is 34.9 Å². The SMILES string of the molecule is C[C@H](N=C(N)N)c1cccc(Cl)c1. The highest BCUT2D eigenvalue weighted by atomic mass is 35.5. The molecule has 0 amide bonds. The first kappa shape index (κ1) is 9.86. The van der Waals surface area contributed by atoms with Crippen LogP contribution in [0.15, 0.2) is 29.3 Å². The van der Waals surface area contributed by atoms with Crippen LogP contribution in [0.2, 0.25) is 5.02 Å². The molecule has 4 heteroatoms. The summed E-state index contributed by atoms with van der Waals surface area (Å²) in [5.74, 6) is 0.0903. The van der Waals surface area contributed by atoms with E-state index in [0.717, 1.165) is 5.56 Å². The Morgan fingerprint density at radius 2 is 2.15 bits per heavy atom. The summed E-state index contributed by atoms with van der Waals surface area (Å²) in [6.07, 6.45) is 0. The van der Waals surface area contributed by atoms with E-state index in [2.05, 4.69) is 4.99 Å². The molecule has 1 aromatic rings. The summed E-state index contributed by atoms with van der Waals surface area (Å²) in [6.45, 7) is 1.91. The minimum Gasteiger partial charge on any atom is -0.370 e. The van der Waals surface area contributed by atoms with Gasteiger partial charge in [-0.05, 0) is 24.6 Å². The summed E-state index contributed by atoms with van der Waals surface area (Å²) in [7, 11) is 0. The van der Waals surface area contributed by atoms with Gasteiger partial charge in [-0.15, -0.1) is 0 Å². The molecule has 0 spiro atoms. The third-order valence-corrected chi connectivity index (χ3v) is 1.91. The Kier molecular flexibility index (Phi) is 3.14. The Morgan fingerprint density at radius 1 is 1.46 bits per heavy atom. The number of hydrogen-bond acceptors (Lipinski definition) is 1. The van der Waals surface area contributed by atoms with Crippen LogP contribution in [0.3, 0.4) is 0 Å². The molecule has 0 saturated heterocycles. The van der Waals surface area contributed by atoms with E-state index in [4.69, 9.17) is 23.1 Å². The van der Waals surface area contributed by atoms with Gasteiger partial charge in [-0.1, -0.05) is 23.7 Å². The Bertz CT molecular complexity index is 318. The number of nitrogens with zero attached hydrogens (tertiary/aromatic N) is 1. The molecule has 0 saturated carbocycles. The highest BCUT2D eigenvalue weighted by Gasteiger charge is 2.03. The topological polar surface area (TPSA) is 64.4 Å². The molecule has 0 aliphatic carbocycles. The number of benzene rings is 1. The fourth-order valence-corrected chi connectivity index (χ4v) is 1.26. The molecule has 0 heterocycles. The van der Waals surface area contributed by atoms with Gasteiger partial charge in [0.1, 0.15) is 0 Å². The van der Waals surface area contributed by atoms with E-state index in [-0.39, 0.29) is 12.0 Å². The number of hydrogen-bond donors (Lipinski definition) is 2. The summed E-state index contributed by atoms with van der Waals surface area (Å²) in [5.41, 5.74) is 11.5. The van der Waals surface area contributed by atoms with Gasteiger partial charge < -0.3 is 11.5 Å². The Labute approximate surface area is 82.4 Å². The van der Waals surface area contributed by atoms with Crippen molar-refractivity contribution < 1.29 is 0 Å². The number of nitrogens with two attached hydrogens (primary N) is 2. The Morgan fingerprint density at radius 3 is 2.69 bits per heavy atom. The molecule has 70 valence electrons. The van der Waals surface area contributed by atoms with Crippen molar-refractivity contribution in [2.45, 2.75) is 13.0 Å². The summed E-state index contributed by atoms with van der Waals surface area (Å²) < 4.78 is 0. The van der Waals surface area contributed by atoms with E-state index in [9.17, 15) is 0 Å². The van der Waals surface area contributed by atoms with Crippen LogP contribution in [-0.2, 0) is 0 Å². The highest BCUT2D eigenvalue weighted by molar-refractivity contribution is 6.30. The van der Waals surface area contributed by atoms with Crippen LogP contribution >= 0.6 is 11.6 Å². The number of halogens is 1. The lowest BCUT2D eigenvalue weighted by molar-refractivity contribution is 0.816. The quantitative estimate of drug-likeness (QED) is 0.560. The van der Waals surface area contributed by atoms with E-state index >= 15 is 0 Å². The normalized spacial score (nSPS) is 12.2. The van der Waals surface area contributed by atoms with Crippen molar-refractivity contribution >= 4 is 17.6 Å². The largest absolute Gasteiger partial charge is 0.370 e. The van der Waals surface area contributed by atoms with Crippen LogP contribution in [0.25, 0.3) is 0 Å². The van der Waals surface area contributed by atoms with E-state index < -0.39 is 0 Å². The zero-order valence-corrected chi connectivity index (χ0v) is 8.12. The van der Waals surface area contributed by atoms with Gasteiger partial charge in [0.25, 0.3) is 0 Å². The molecule has 4 N–H and O–H groups in total. The maximum atomic E-state index is 5.81. The minimum atomic E-state index is -0.0521. The van der Waals surface area contributed by atoms with Gasteiger partial charge in [0.15, 0.2) is 5.96 Å². The molecule has 0 aliphatic rings. The van der Waals surface area contributed by atoms with Crippen molar-refractivity contribution in [1.82, 2.24) is 0 Å². The first-order valence-corrected chi connectivity index (χ1v) is 4.31. The summed E-state index contributed by atoms with van der Waals surface area (Å²) in [6, 6.07) is 7.41. The lowest BCUT2D eigenvalue weighted by Gasteiger charge is -2.06. The number of guanidine groups is 1. The molecule has 0 fully saturated rings. The van der Waals surface area contributed by atoms with Crippen molar-refractivity contribution in [2.24, 2.45) is 16.5 Å². The van der Waals surface area contributed by atoms with Crippen LogP contribution in [0.4, 0.5) is 0 Å². The molecule has 13 heavy (non-hydrogen) atoms. The zero-order chi connectivity index (χ0) is 9.84. The molecular weight excluding hydrogens is 186 g/mol. The second-order valence-electron chi connectivity index (χ2n) is 2.78. The first-order chi connectivity index (χ1) is 6.09. The number of rotatable bonds is 2. The van der Waals surface area contributed by atoms with Gasteiger partial charge in [-0.2, -0.15) is 0 Å². The van der Waals surface area contributed by atoms with Gasteiger partial charge in [-0.3, -0.25) is 0 Å². The summed E-state index contributed by atoms with van der Waals surface area (Å²) >= 11 is 5.81. The van der Waals surface area contributed by atoms with E-state index in [1.54, 1.807) is 0 Å². The van der Waals surface area contributed by atoms with Crippen molar-refractivity contribution in [3.8, 4) is 0 Å². The summed E-state index contributed by atoms with van der Waals surface area (Å²) in [4.78, 5) is 4.00. The van der Waals surface area contributed by atoms with Crippen LogP contribution < -0.4 is 11.5 Å². The fraction of sp³-hybridized carbons (Fsp3) is 0.222. The van der Waals surface area contributed by atoms with Crippen LogP contribution in [0.5, 0.6) is 0 Å². The Hall–Kier alpha value is -1.22. The molecule has 0 bridgehead atoms. The monoisotopic (exact) mass is 197 g/mol. The fourth-order valence-electron chi connectivity index (χ4n) is 1.06. The van der Waals surface area contributed by atoms with Gasteiger partial charge in [0, 0.05) is 5.02 Å². The van der Waals surface area contributed by atoms with Gasteiger partial charge >= 0.3 is 0 Å². The molecule has 1 atom stereocenters. The predicted molar refractivity (Wildman–Crippen MR) is 55.7 cm³/mol. The molecule has 0 unspecified atom stereocenters. The smallest absolute Gasteiger partial charge is 0.186 e. The average Bonchev–Trinajstić information content (AvgIpc) is 2.03. The maximum absolute atomic E-state index is 5.81. The average molecular weight is 198 g/mol. The minimum absolute atomic E-state index is 0.0521. The van der Waals surface area contributed by atoms with Crippen molar-refractivity contribution in [2.75, 3.05) is 0 Å². The molecule has 1 aromatic carbocycles. The third kappa shape index (κ3) is 2.95. The van der Waals surface area contributed by atoms with Gasteiger partial charge in [0.2, 0.25) is 0 Å². The molecule has 0 aliphatic heterocycles. The predicted octanol–water partition coefficient (Wildman–Crippen LogP) is 1.67. The van der Waals surface area contributed by atoms with Crippen molar-refractivity contribution in [1.29, 1.82) is 0 Å². The molecule has 1 rings (SSSR count). The number of aliphatic imine (C=N–C) groups is 1. The lowest BCUT2D eigenvalue weighted by Crippen LogP contribution is -2.23. The van der Waals surface area contributed by atoms with Crippen LogP contribution in [0, 0.1) is 0 Å². The molecule has 3 nitrogen and oxygen atoms in total. The standard InChI is InChI=1S/C9H12ClN3/c1-6(13-9(11)12)7-3-2-4-8(10)5-7/h2-6H,1H3,(H4,11,12,13)/t6-/m0/s1. The first-order valence-electron chi connectivity index (χ1n) is 3.94. The second-order valence-corrected chi connectivity index (χ2v) is 3.22. The van der Waals surface area contributed by atoms with Crippen molar-refractivity contribution in [3.63, 3.8) is 0 Å². The van der Waals surface area contributed by atoms with E-state index in [1.165, 1.54) is 0 Å². The Balaban J connectivity index is 2.89. The summed E-state index contributed by atoms with van der Waals surface area (Å²) in [5, 5.41) is 0.690. The van der Waals surface area contributed by atoms with E-state index in [1.807, 2.05) is 31.2 Å². The molecular formula is C9H12ClN3. The van der Waals surface area contributed by atoms with Gasteiger partial charge in [-0.25, -0.2) is 4.99 Å². The van der Waals surface area contributed by atoms with Crippen LogP contribution in [-0.4, -0.2) is 5.96 Å². The third-order valence-electron chi connectivity index (χ3n) is 1.67. The lowest BCUT2D eigenvalue weighted by atomic mass is 10.1. The molecule has 0 radical (unpaired) electrons. The zero-order valence-electron chi connectivity index (χ0n) is 7.37. The highest BCUT2D eigenvalue weighted by Crippen LogP contribution is 2.19. The molecule has 0 aromatic heterocycles. The van der Waals surface area contributed by atoms with E-state index in [0.29, 0.717) is 5.02 Å². The van der Waals surface area contributed by atoms with Gasteiger partial charge in [0.05, 0.1) is 6.04 Å². The second kappa shape index (κ2) is 4.14.